The Labute approximate surface area is 50.7 Å². The molecule has 0 radical (unpaired) electrons. The highest BCUT2D eigenvalue weighted by Gasteiger charge is 2.07. The van der Waals surface area contributed by atoms with E-state index in [1.807, 2.05) is 13.8 Å². The monoisotopic (exact) mass is 117 g/mol. The van der Waals surface area contributed by atoms with Gasteiger partial charge >= 0.3 is 0 Å². The van der Waals surface area contributed by atoms with Crippen LogP contribution in [0.25, 0.3) is 0 Å². The second-order valence-electron chi connectivity index (χ2n) is 2.19. The van der Waals surface area contributed by atoms with Crippen molar-refractivity contribution in [1.82, 2.24) is 0 Å². The molecule has 8 heavy (non-hydrogen) atoms. The van der Waals surface area contributed by atoms with E-state index in [-0.39, 0.29) is 6.10 Å². The summed E-state index contributed by atoms with van der Waals surface area (Å²) in [4.78, 5) is 0. The third-order valence-electron chi connectivity index (χ3n) is 1.54. The summed E-state index contributed by atoms with van der Waals surface area (Å²) in [6.07, 6.45) is 0.693. The second-order valence-corrected chi connectivity index (χ2v) is 2.19. The Balaban J connectivity index is 3.29. The summed E-state index contributed by atoms with van der Waals surface area (Å²) in [5.74, 6) is 0.347. The van der Waals surface area contributed by atoms with Gasteiger partial charge in [0, 0.05) is 6.54 Å². The molecule has 0 rings (SSSR count). The lowest BCUT2D eigenvalue weighted by atomic mass is 10.0. The van der Waals surface area contributed by atoms with Gasteiger partial charge in [-0.15, -0.1) is 0 Å². The average Bonchev–Trinajstić information content (AvgIpc) is 1.84. The van der Waals surface area contributed by atoms with Crippen LogP contribution < -0.4 is 5.73 Å². The molecule has 0 aromatic heterocycles. The summed E-state index contributed by atoms with van der Waals surface area (Å²) in [7, 11) is 0. The van der Waals surface area contributed by atoms with E-state index in [1.165, 1.54) is 0 Å². The van der Waals surface area contributed by atoms with Crippen molar-refractivity contribution in [3.05, 3.63) is 0 Å². The van der Waals surface area contributed by atoms with E-state index >= 15 is 0 Å². The largest absolute Gasteiger partial charge is 0.392 e. The molecule has 3 N–H and O–H groups in total. The van der Waals surface area contributed by atoms with Crippen LogP contribution in [0.15, 0.2) is 0 Å². The first-order chi connectivity index (χ1) is 3.72. The Morgan fingerprint density at radius 1 is 1.62 bits per heavy atom. The zero-order valence-electron chi connectivity index (χ0n) is 5.59. The Morgan fingerprint density at radius 3 is 2.25 bits per heavy atom. The first kappa shape index (κ1) is 7.92. The summed E-state index contributed by atoms with van der Waals surface area (Å²) < 4.78 is 0. The van der Waals surface area contributed by atoms with Crippen molar-refractivity contribution in [1.29, 1.82) is 0 Å². The molecule has 0 fully saturated rings. The highest BCUT2D eigenvalue weighted by molar-refractivity contribution is 4.61. The standard InChI is InChI=1S/C6H15NO/c1-3-5(2)6(8)4-7/h5-6,8H,3-4,7H2,1-2H3/t5-,6-/m1/s1. The summed E-state index contributed by atoms with van der Waals surface area (Å²) >= 11 is 0. The van der Waals surface area contributed by atoms with Crippen LogP contribution in [0.3, 0.4) is 0 Å². The minimum Gasteiger partial charge on any atom is -0.392 e. The van der Waals surface area contributed by atoms with Crippen LogP contribution in [0.2, 0.25) is 0 Å². The molecule has 0 heterocycles. The topological polar surface area (TPSA) is 46.2 Å². The van der Waals surface area contributed by atoms with Crippen molar-refractivity contribution in [3.8, 4) is 0 Å². The van der Waals surface area contributed by atoms with Gasteiger partial charge in [0.15, 0.2) is 0 Å². The Bertz CT molecular complexity index is 48.5. The van der Waals surface area contributed by atoms with Gasteiger partial charge in [0.25, 0.3) is 0 Å². The highest BCUT2D eigenvalue weighted by atomic mass is 16.3. The molecule has 2 heteroatoms. The molecule has 0 unspecified atom stereocenters. The lowest BCUT2D eigenvalue weighted by molar-refractivity contribution is 0.122. The predicted molar refractivity (Wildman–Crippen MR) is 34.5 cm³/mol. The van der Waals surface area contributed by atoms with Crippen molar-refractivity contribution in [2.45, 2.75) is 26.4 Å². The second kappa shape index (κ2) is 3.87. The SMILES string of the molecule is CC[C@@H](C)[C@H](O)CN. The molecule has 0 spiro atoms. The van der Waals surface area contributed by atoms with E-state index in [0.29, 0.717) is 12.5 Å². The third-order valence-corrected chi connectivity index (χ3v) is 1.54. The Hall–Kier alpha value is -0.0800. The van der Waals surface area contributed by atoms with Gasteiger partial charge in [0.1, 0.15) is 0 Å². The minimum absolute atomic E-state index is 0.306. The molecule has 0 aliphatic carbocycles. The zero-order chi connectivity index (χ0) is 6.57. The smallest absolute Gasteiger partial charge is 0.0687 e. The maximum absolute atomic E-state index is 9.00. The fraction of sp³-hybridized carbons (Fsp3) is 1.00. The molecule has 0 aliphatic rings. The third kappa shape index (κ3) is 2.28. The van der Waals surface area contributed by atoms with E-state index in [2.05, 4.69) is 0 Å². The van der Waals surface area contributed by atoms with Crippen LogP contribution in [0.1, 0.15) is 20.3 Å². The highest BCUT2D eigenvalue weighted by Crippen LogP contribution is 2.04. The minimum atomic E-state index is -0.306. The van der Waals surface area contributed by atoms with Crippen molar-refractivity contribution in [3.63, 3.8) is 0 Å². The van der Waals surface area contributed by atoms with Crippen LogP contribution in [-0.2, 0) is 0 Å². The molecular formula is C6H15NO. The Kier molecular flexibility index (Phi) is 3.83. The molecule has 0 amide bonds. The summed E-state index contributed by atoms with van der Waals surface area (Å²) in [5, 5.41) is 9.00. The van der Waals surface area contributed by atoms with Crippen LogP contribution >= 0.6 is 0 Å². The number of nitrogens with two attached hydrogens (primary N) is 1. The first-order valence-corrected chi connectivity index (χ1v) is 3.10. The lowest BCUT2D eigenvalue weighted by Crippen LogP contribution is -2.26. The number of aliphatic hydroxyl groups excluding tert-OH is 1. The molecule has 0 bridgehead atoms. The van der Waals surface area contributed by atoms with E-state index in [9.17, 15) is 0 Å². The van der Waals surface area contributed by atoms with E-state index in [1.54, 1.807) is 0 Å². The van der Waals surface area contributed by atoms with Crippen molar-refractivity contribution < 1.29 is 5.11 Å². The van der Waals surface area contributed by atoms with Gasteiger partial charge in [-0.2, -0.15) is 0 Å². The molecule has 0 aromatic carbocycles. The maximum Gasteiger partial charge on any atom is 0.0687 e. The molecule has 0 saturated carbocycles. The molecule has 2 nitrogen and oxygen atoms in total. The van der Waals surface area contributed by atoms with Crippen molar-refractivity contribution in [2.24, 2.45) is 11.7 Å². The van der Waals surface area contributed by atoms with Crippen molar-refractivity contribution in [2.75, 3.05) is 6.54 Å². The van der Waals surface area contributed by atoms with E-state index in [4.69, 9.17) is 10.8 Å². The van der Waals surface area contributed by atoms with E-state index in [0.717, 1.165) is 6.42 Å². The van der Waals surface area contributed by atoms with Gasteiger partial charge in [0.05, 0.1) is 6.10 Å². The normalized spacial score (nSPS) is 18.0. The molecular weight excluding hydrogens is 102 g/mol. The molecule has 0 saturated heterocycles. The summed E-state index contributed by atoms with van der Waals surface area (Å²) in [6.45, 7) is 4.43. The van der Waals surface area contributed by atoms with Crippen LogP contribution in [-0.4, -0.2) is 17.8 Å². The summed E-state index contributed by atoms with van der Waals surface area (Å²) in [6, 6.07) is 0. The zero-order valence-corrected chi connectivity index (χ0v) is 5.59. The van der Waals surface area contributed by atoms with Crippen LogP contribution in [0.4, 0.5) is 0 Å². The number of hydrogen-bond donors (Lipinski definition) is 2. The van der Waals surface area contributed by atoms with Gasteiger partial charge in [-0.3, -0.25) is 0 Å². The fourth-order valence-electron chi connectivity index (χ4n) is 0.504. The first-order valence-electron chi connectivity index (χ1n) is 3.10. The average molecular weight is 117 g/mol. The van der Waals surface area contributed by atoms with Crippen LogP contribution in [0.5, 0.6) is 0 Å². The number of hydrogen-bond acceptors (Lipinski definition) is 2. The fourth-order valence-corrected chi connectivity index (χ4v) is 0.504. The quantitative estimate of drug-likeness (QED) is 0.560. The predicted octanol–water partition coefficient (Wildman–Crippen LogP) is 0.352. The van der Waals surface area contributed by atoms with Gasteiger partial charge in [-0.25, -0.2) is 0 Å². The number of rotatable bonds is 3. The molecule has 0 aromatic rings. The maximum atomic E-state index is 9.00. The number of aliphatic hydroxyl groups is 1. The molecule has 50 valence electrons. The van der Waals surface area contributed by atoms with Crippen LogP contribution in [0, 0.1) is 5.92 Å². The van der Waals surface area contributed by atoms with Gasteiger partial charge < -0.3 is 10.8 Å². The Morgan fingerprint density at radius 2 is 2.12 bits per heavy atom. The molecule has 2 atom stereocenters. The van der Waals surface area contributed by atoms with Gasteiger partial charge in [-0.1, -0.05) is 20.3 Å². The van der Waals surface area contributed by atoms with Gasteiger partial charge in [-0.05, 0) is 5.92 Å². The van der Waals surface area contributed by atoms with Crippen molar-refractivity contribution >= 4 is 0 Å². The summed E-state index contributed by atoms with van der Waals surface area (Å²) in [5.41, 5.74) is 5.20. The molecule has 0 aliphatic heterocycles. The van der Waals surface area contributed by atoms with E-state index < -0.39 is 0 Å². The van der Waals surface area contributed by atoms with Gasteiger partial charge in [0.2, 0.25) is 0 Å². The lowest BCUT2D eigenvalue weighted by Gasteiger charge is -2.13.